The van der Waals surface area contributed by atoms with Crippen molar-refractivity contribution in [3.05, 3.63) is 35.9 Å². The SMILES string of the molecule is CCCN(C(=O)CC(C)(C)c1ccccc1)C1CCNCC1.Cl. The van der Waals surface area contributed by atoms with Crippen LogP contribution in [-0.4, -0.2) is 36.5 Å². The van der Waals surface area contributed by atoms with E-state index in [2.05, 4.69) is 55.3 Å². The molecular weight excluding hydrogens is 308 g/mol. The number of rotatable bonds is 6. The van der Waals surface area contributed by atoms with Gasteiger partial charge in [0.25, 0.3) is 0 Å². The Kier molecular flexibility index (Phi) is 8.07. The van der Waals surface area contributed by atoms with Crippen molar-refractivity contribution in [1.82, 2.24) is 10.2 Å². The third kappa shape index (κ3) is 5.50. The molecule has 0 unspecified atom stereocenters. The average molecular weight is 339 g/mol. The molecule has 130 valence electrons. The molecule has 4 heteroatoms. The number of amides is 1. The minimum atomic E-state index is -0.114. The van der Waals surface area contributed by atoms with Gasteiger partial charge in [0, 0.05) is 19.0 Å². The van der Waals surface area contributed by atoms with E-state index in [-0.39, 0.29) is 17.8 Å². The zero-order valence-electron chi connectivity index (χ0n) is 14.7. The number of benzene rings is 1. The summed E-state index contributed by atoms with van der Waals surface area (Å²) >= 11 is 0. The molecular formula is C19H31ClN2O. The molecule has 1 aliphatic heterocycles. The maximum atomic E-state index is 12.9. The lowest BCUT2D eigenvalue weighted by Crippen LogP contribution is -2.47. The number of piperidine rings is 1. The van der Waals surface area contributed by atoms with Crippen LogP contribution in [0.25, 0.3) is 0 Å². The number of nitrogens with one attached hydrogen (secondary N) is 1. The van der Waals surface area contributed by atoms with E-state index in [1.807, 2.05) is 6.07 Å². The Balaban J connectivity index is 0.00000264. The highest BCUT2D eigenvalue weighted by Gasteiger charge is 2.30. The minimum Gasteiger partial charge on any atom is -0.340 e. The number of halogens is 1. The standard InChI is InChI=1S/C19H30N2O.ClH/c1-4-14-21(17-10-12-20-13-11-17)18(22)15-19(2,3)16-8-6-5-7-9-16;/h5-9,17,20H,4,10-15H2,1-3H3;1H. The number of nitrogens with zero attached hydrogens (tertiary/aromatic N) is 1. The second kappa shape index (κ2) is 9.29. The van der Waals surface area contributed by atoms with Crippen LogP contribution in [0.3, 0.4) is 0 Å². The Hall–Kier alpha value is -1.06. The zero-order chi connectivity index (χ0) is 16.0. The van der Waals surface area contributed by atoms with Crippen LogP contribution in [0, 0.1) is 0 Å². The molecule has 0 radical (unpaired) electrons. The van der Waals surface area contributed by atoms with Crippen LogP contribution < -0.4 is 5.32 Å². The lowest BCUT2D eigenvalue weighted by molar-refractivity contribution is -0.135. The van der Waals surface area contributed by atoms with E-state index in [4.69, 9.17) is 0 Å². The van der Waals surface area contributed by atoms with Gasteiger partial charge in [-0.05, 0) is 43.3 Å². The summed E-state index contributed by atoms with van der Waals surface area (Å²) in [6, 6.07) is 10.8. The Morgan fingerprint density at radius 1 is 1.22 bits per heavy atom. The maximum absolute atomic E-state index is 12.9. The maximum Gasteiger partial charge on any atom is 0.223 e. The fourth-order valence-corrected chi connectivity index (χ4v) is 3.34. The molecule has 0 aromatic heterocycles. The van der Waals surface area contributed by atoms with E-state index >= 15 is 0 Å². The third-order valence-corrected chi connectivity index (χ3v) is 4.68. The van der Waals surface area contributed by atoms with Gasteiger partial charge in [0.15, 0.2) is 0 Å². The van der Waals surface area contributed by atoms with Gasteiger partial charge in [0.05, 0.1) is 0 Å². The Bertz CT molecular complexity index is 470. The highest BCUT2D eigenvalue weighted by Crippen LogP contribution is 2.28. The van der Waals surface area contributed by atoms with Crippen LogP contribution in [0.1, 0.15) is 52.0 Å². The molecule has 0 atom stereocenters. The van der Waals surface area contributed by atoms with Gasteiger partial charge in [0.2, 0.25) is 5.91 Å². The van der Waals surface area contributed by atoms with Crippen LogP contribution in [-0.2, 0) is 10.2 Å². The van der Waals surface area contributed by atoms with Gasteiger partial charge < -0.3 is 10.2 Å². The van der Waals surface area contributed by atoms with Crippen LogP contribution in [0.2, 0.25) is 0 Å². The van der Waals surface area contributed by atoms with Gasteiger partial charge >= 0.3 is 0 Å². The van der Waals surface area contributed by atoms with Crippen LogP contribution in [0.5, 0.6) is 0 Å². The van der Waals surface area contributed by atoms with E-state index in [1.54, 1.807) is 0 Å². The molecule has 1 aromatic carbocycles. The van der Waals surface area contributed by atoms with E-state index in [9.17, 15) is 4.79 Å². The summed E-state index contributed by atoms with van der Waals surface area (Å²) in [5.41, 5.74) is 1.13. The molecule has 0 spiro atoms. The Morgan fingerprint density at radius 2 is 1.83 bits per heavy atom. The van der Waals surface area contributed by atoms with Crippen molar-refractivity contribution < 1.29 is 4.79 Å². The van der Waals surface area contributed by atoms with Crippen molar-refractivity contribution in [1.29, 1.82) is 0 Å². The summed E-state index contributed by atoms with van der Waals surface area (Å²) in [5.74, 6) is 0.308. The molecule has 23 heavy (non-hydrogen) atoms. The average Bonchev–Trinajstić information content (AvgIpc) is 2.54. The van der Waals surface area contributed by atoms with Crippen molar-refractivity contribution in [3.63, 3.8) is 0 Å². The first-order valence-corrected chi connectivity index (χ1v) is 8.60. The van der Waals surface area contributed by atoms with Crippen molar-refractivity contribution >= 4 is 18.3 Å². The molecule has 1 aromatic rings. The number of hydrogen-bond donors (Lipinski definition) is 1. The molecule has 1 fully saturated rings. The smallest absolute Gasteiger partial charge is 0.223 e. The van der Waals surface area contributed by atoms with E-state index in [0.717, 1.165) is 38.9 Å². The van der Waals surface area contributed by atoms with Crippen LogP contribution in [0.4, 0.5) is 0 Å². The van der Waals surface area contributed by atoms with Gasteiger partial charge in [-0.15, -0.1) is 12.4 Å². The summed E-state index contributed by atoms with van der Waals surface area (Å²) in [7, 11) is 0. The van der Waals surface area contributed by atoms with E-state index in [1.165, 1.54) is 5.56 Å². The van der Waals surface area contributed by atoms with Crippen molar-refractivity contribution in [2.24, 2.45) is 0 Å². The summed E-state index contributed by atoms with van der Waals surface area (Å²) in [4.78, 5) is 15.1. The molecule has 0 aliphatic carbocycles. The largest absolute Gasteiger partial charge is 0.340 e. The van der Waals surface area contributed by atoms with Gasteiger partial charge in [-0.1, -0.05) is 51.1 Å². The molecule has 1 aliphatic rings. The Labute approximate surface area is 147 Å². The topological polar surface area (TPSA) is 32.3 Å². The van der Waals surface area contributed by atoms with Crippen LogP contribution >= 0.6 is 12.4 Å². The molecule has 1 amide bonds. The fraction of sp³-hybridized carbons (Fsp3) is 0.632. The second-order valence-corrected chi connectivity index (χ2v) is 6.99. The minimum absolute atomic E-state index is 0. The first-order chi connectivity index (χ1) is 10.5. The predicted molar refractivity (Wildman–Crippen MR) is 99.2 cm³/mol. The molecule has 0 saturated carbocycles. The summed E-state index contributed by atoms with van der Waals surface area (Å²) in [5, 5.41) is 3.39. The summed E-state index contributed by atoms with van der Waals surface area (Å²) in [6.07, 6.45) is 3.78. The first-order valence-electron chi connectivity index (χ1n) is 8.60. The lowest BCUT2D eigenvalue weighted by atomic mass is 9.81. The highest BCUT2D eigenvalue weighted by atomic mass is 35.5. The van der Waals surface area contributed by atoms with Gasteiger partial charge in [-0.3, -0.25) is 4.79 Å². The fourth-order valence-electron chi connectivity index (χ4n) is 3.34. The molecule has 3 nitrogen and oxygen atoms in total. The van der Waals surface area contributed by atoms with E-state index in [0.29, 0.717) is 18.4 Å². The molecule has 1 heterocycles. The number of carbonyl (C=O) groups excluding carboxylic acids is 1. The van der Waals surface area contributed by atoms with Crippen LogP contribution in [0.15, 0.2) is 30.3 Å². The van der Waals surface area contributed by atoms with Crippen molar-refractivity contribution in [2.75, 3.05) is 19.6 Å². The monoisotopic (exact) mass is 338 g/mol. The highest BCUT2D eigenvalue weighted by molar-refractivity contribution is 5.85. The third-order valence-electron chi connectivity index (χ3n) is 4.68. The number of hydrogen-bond acceptors (Lipinski definition) is 2. The molecule has 1 N–H and O–H groups in total. The first kappa shape index (κ1) is 20.0. The van der Waals surface area contributed by atoms with E-state index < -0.39 is 0 Å². The molecule has 2 rings (SSSR count). The quantitative estimate of drug-likeness (QED) is 0.856. The lowest BCUT2D eigenvalue weighted by Gasteiger charge is -2.37. The van der Waals surface area contributed by atoms with Crippen molar-refractivity contribution in [2.45, 2.75) is 57.9 Å². The summed E-state index contributed by atoms with van der Waals surface area (Å²) in [6.45, 7) is 9.44. The predicted octanol–water partition coefficient (Wildman–Crippen LogP) is 3.77. The molecule has 1 saturated heterocycles. The number of carbonyl (C=O) groups is 1. The summed E-state index contributed by atoms with van der Waals surface area (Å²) < 4.78 is 0. The zero-order valence-corrected chi connectivity index (χ0v) is 15.5. The molecule has 0 bridgehead atoms. The van der Waals surface area contributed by atoms with Gasteiger partial charge in [0.1, 0.15) is 0 Å². The van der Waals surface area contributed by atoms with Crippen molar-refractivity contribution in [3.8, 4) is 0 Å². The second-order valence-electron chi connectivity index (χ2n) is 6.99. The van der Waals surface area contributed by atoms with Gasteiger partial charge in [-0.2, -0.15) is 0 Å². The Morgan fingerprint density at radius 3 is 2.39 bits per heavy atom. The van der Waals surface area contributed by atoms with Gasteiger partial charge in [-0.25, -0.2) is 0 Å². The normalized spacial score (nSPS) is 15.8.